The van der Waals surface area contributed by atoms with Gasteiger partial charge >= 0.3 is 0 Å². The summed E-state index contributed by atoms with van der Waals surface area (Å²) in [6.07, 6.45) is 2.43. The predicted molar refractivity (Wildman–Crippen MR) is 29.0 cm³/mol. The van der Waals surface area contributed by atoms with Gasteiger partial charge in [0.15, 0.2) is 0 Å². The van der Waals surface area contributed by atoms with Crippen LogP contribution in [0.2, 0.25) is 0 Å². The van der Waals surface area contributed by atoms with Crippen molar-refractivity contribution in [3.8, 4) is 0 Å². The Labute approximate surface area is 43.5 Å². The van der Waals surface area contributed by atoms with Gasteiger partial charge in [0.25, 0.3) is 0 Å². The molecule has 35 valence electrons. The average molecular weight is 102 g/mol. The molecule has 0 saturated carbocycles. The molecule has 1 atom stereocenters. The molecule has 0 amide bonds. The molecule has 1 saturated heterocycles. The molecule has 0 N–H and O–H groups in total. The van der Waals surface area contributed by atoms with Gasteiger partial charge in [0.2, 0.25) is 0 Å². The van der Waals surface area contributed by atoms with E-state index in [1.54, 1.807) is 0 Å². The number of hydrogen-bond acceptors (Lipinski definition) is 1. The molecule has 2 heteroatoms. The molecule has 0 spiro atoms. The topological polar surface area (TPSA) is 14.1 Å². The quantitative estimate of drug-likeness (QED) is 0.431. The average Bonchev–Trinajstić information content (AvgIpc) is 1.86. The summed E-state index contributed by atoms with van der Waals surface area (Å²) in [5.74, 6) is 0. The highest BCUT2D eigenvalue weighted by atomic mass is 32.1. The first-order valence-electron chi connectivity index (χ1n) is 2.24. The molecule has 6 heavy (non-hydrogen) atoms. The lowest BCUT2D eigenvalue weighted by atomic mass is 10.4. The standard InChI is InChI=1S/C4H8NS/c6-4-2-1-3-5-4/h4,6H,1-3H2. The molecule has 0 aromatic heterocycles. The molecule has 1 radical (unpaired) electrons. The molecule has 1 aliphatic rings. The largest absolute Gasteiger partial charge is 0.228 e. The zero-order valence-corrected chi connectivity index (χ0v) is 4.49. The molecule has 0 bridgehead atoms. The zero-order chi connectivity index (χ0) is 4.41. The van der Waals surface area contributed by atoms with Gasteiger partial charge in [-0.25, -0.2) is 5.32 Å². The number of rotatable bonds is 0. The Morgan fingerprint density at radius 1 is 1.67 bits per heavy atom. The van der Waals surface area contributed by atoms with Crippen LogP contribution in [0.1, 0.15) is 12.8 Å². The van der Waals surface area contributed by atoms with E-state index in [9.17, 15) is 0 Å². The van der Waals surface area contributed by atoms with Crippen molar-refractivity contribution >= 4 is 12.6 Å². The summed E-state index contributed by atoms with van der Waals surface area (Å²) in [5, 5.41) is 4.47. The third kappa shape index (κ3) is 0.884. The van der Waals surface area contributed by atoms with E-state index in [1.807, 2.05) is 0 Å². The van der Waals surface area contributed by atoms with Crippen LogP contribution < -0.4 is 5.32 Å². The highest BCUT2D eigenvalue weighted by molar-refractivity contribution is 7.80. The number of hydrogen-bond donors (Lipinski definition) is 1. The van der Waals surface area contributed by atoms with Gasteiger partial charge in [0, 0.05) is 6.54 Å². The second-order valence-corrected chi connectivity index (χ2v) is 2.13. The number of nitrogens with zero attached hydrogens (tertiary/aromatic N) is 1. The summed E-state index contributed by atoms with van der Waals surface area (Å²) in [6, 6.07) is 0. The first-order chi connectivity index (χ1) is 2.89. The van der Waals surface area contributed by atoms with Crippen LogP contribution in [0.4, 0.5) is 0 Å². The lowest BCUT2D eigenvalue weighted by Crippen LogP contribution is -2.03. The lowest BCUT2D eigenvalue weighted by molar-refractivity contribution is 0.794. The molecule has 1 heterocycles. The second kappa shape index (κ2) is 1.85. The van der Waals surface area contributed by atoms with Gasteiger partial charge in [-0.1, -0.05) is 0 Å². The van der Waals surface area contributed by atoms with Crippen LogP contribution in [0.5, 0.6) is 0 Å². The highest BCUT2D eigenvalue weighted by Crippen LogP contribution is 2.08. The van der Waals surface area contributed by atoms with Gasteiger partial charge in [0.1, 0.15) is 0 Å². The Kier molecular flexibility index (Phi) is 1.37. The van der Waals surface area contributed by atoms with Crippen LogP contribution in [0, 0.1) is 0 Å². The minimum Gasteiger partial charge on any atom is -0.228 e. The summed E-state index contributed by atoms with van der Waals surface area (Å²) in [4.78, 5) is 0. The maximum atomic E-state index is 4.13. The van der Waals surface area contributed by atoms with Crippen molar-refractivity contribution in [3.63, 3.8) is 0 Å². The molecular weight excluding hydrogens is 94.1 g/mol. The van der Waals surface area contributed by atoms with Crippen LogP contribution in [0.15, 0.2) is 0 Å². The van der Waals surface area contributed by atoms with Crippen molar-refractivity contribution < 1.29 is 0 Å². The molecule has 1 unspecified atom stereocenters. The first-order valence-corrected chi connectivity index (χ1v) is 2.76. The monoisotopic (exact) mass is 102 g/mol. The summed E-state index contributed by atoms with van der Waals surface area (Å²) in [7, 11) is 0. The van der Waals surface area contributed by atoms with Crippen molar-refractivity contribution in [1.82, 2.24) is 5.32 Å². The summed E-state index contributed by atoms with van der Waals surface area (Å²) < 4.78 is 0. The van der Waals surface area contributed by atoms with Gasteiger partial charge in [-0.3, -0.25) is 0 Å². The Morgan fingerprint density at radius 2 is 2.50 bits per heavy atom. The van der Waals surface area contributed by atoms with Gasteiger partial charge in [-0.2, -0.15) is 12.6 Å². The fourth-order valence-corrected chi connectivity index (χ4v) is 0.904. The van der Waals surface area contributed by atoms with E-state index in [0.717, 1.165) is 6.54 Å². The molecule has 0 aromatic carbocycles. The van der Waals surface area contributed by atoms with Gasteiger partial charge in [-0.15, -0.1) is 0 Å². The van der Waals surface area contributed by atoms with Gasteiger partial charge in [-0.05, 0) is 12.8 Å². The van der Waals surface area contributed by atoms with Crippen molar-refractivity contribution in [2.45, 2.75) is 18.2 Å². The van der Waals surface area contributed by atoms with Gasteiger partial charge in [0.05, 0.1) is 5.37 Å². The first kappa shape index (κ1) is 4.47. The normalized spacial score (nSPS) is 34.5. The van der Waals surface area contributed by atoms with E-state index in [-0.39, 0.29) is 0 Å². The molecular formula is C4H8NS. The molecule has 0 aliphatic carbocycles. The van der Waals surface area contributed by atoms with Crippen LogP contribution in [-0.2, 0) is 0 Å². The van der Waals surface area contributed by atoms with Crippen LogP contribution in [0.25, 0.3) is 0 Å². The Morgan fingerprint density at radius 3 is 2.67 bits per heavy atom. The van der Waals surface area contributed by atoms with E-state index in [1.165, 1.54) is 12.8 Å². The maximum absolute atomic E-state index is 4.13. The maximum Gasteiger partial charge on any atom is 0.0670 e. The van der Waals surface area contributed by atoms with Gasteiger partial charge < -0.3 is 0 Å². The Bertz CT molecular complexity index is 40.8. The smallest absolute Gasteiger partial charge is 0.0670 e. The summed E-state index contributed by atoms with van der Waals surface area (Å²) in [5.41, 5.74) is 0. The second-order valence-electron chi connectivity index (χ2n) is 1.53. The lowest BCUT2D eigenvalue weighted by Gasteiger charge is -1.91. The van der Waals surface area contributed by atoms with Crippen LogP contribution >= 0.6 is 12.6 Å². The zero-order valence-electron chi connectivity index (χ0n) is 3.59. The Balaban J connectivity index is 2.18. The summed E-state index contributed by atoms with van der Waals surface area (Å²) in [6.45, 7) is 1.04. The highest BCUT2D eigenvalue weighted by Gasteiger charge is 2.08. The third-order valence-electron chi connectivity index (χ3n) is 0.960. The molecule has 1 rings (SSSR count). The third-order valence-corrected chi connectivity index (χ3v) is 1.38. The van der Waals surface area contributed by atoms with Crippen molar-refractivity contribution in [3.05, 3.63) is 0 Å². The van der Waals surface area contributed by atoms with Crippen molar-refractivity contribution in [2.24, 2.45) is 0 Å². The van der Waals surface area contributed by atoms with E-state index < -0.39 is 0 Å². The minimum absolute atomic E-state index is 0.366. The Hall–Kier alpha value is 0.310. The minimum atomic E-state index is 0.366. The number of thiol groups is 1. The molecule has 1 nitrogen and oxygen atoms in total. The molecule has 1 fully saturated rings. The van der Waals surface area contributed by atoms with E-state index >= 15 is 0 Å². The fraction of sp³-hybridized carbons (Fsp3) is 1.00. The van der Waals surface area contributed by atoms with Crippen LogP contribution in [-0.4, -0.2) is 11.9 Å². The fourth-order valence-electron chi connectivity index (χ4n) is 0.605. The van der Waals surface area contributed by atoms with Crippen molar-refractivity contribution in [2.75, 3.05) is 6.54 Å². The van der Waals surface area contributed by atoms with Crippen LogP contribution in [0.3, 0.4) is 0 Å². The summed E-state index contributed by atoms with van der Waals surface area (Å²) >= 11 is 4.13. The molecule has 0 aromatic rings. The SMILES string of the molecule is SC1CCC[N]1. The molecule has 1 aliphatic heterocycles. The predicted octanol–water partition coefficient (Wildman–Crippen LogP) is 0.640. The van der Waals surface area contributed by atoms with E-state index in [4.69, 9.17) is 0 Å². The van der Waals surface area contributed by atoms with E-state index in [0.29, 0.717) is 5.37 Å². The van der Waals surface area contributed by atoms with E-state index in [2.05, 4.69) is 17.9 Å². The van der Waals surface area contributed by atoms with Crippen molar-refractivity contribution in [1.29, 1.82) is 0 Å².